The first-order valence-corrected chi connectivity index (χ1v) is 11.3. The summed E-state index contributed by atoms with van der Waals surface area (Å²) in [7, 11) is 1.68. The zero-order valence-corrected chi connectivity index (χ0v) is 19.4. The van der Waals surface area contributed by atoms with Crippen LogP contribution in [0.1, 0.15) is 30.5 Å². The summed E-state index contributed by atoms with van der Waals surface area (Å²) < 4.78 is 17.7. The van der Waals surface area contributed by atoms with E-state index in [0.717, 1.165) is 47.1 Å². The lowest BCUT2D eigenvalue weighted by atomic mass is 9.94. The maximum atomic E-state index is 6.05. The number of hydrogen-bond donors (Lipinski definition) is 0. The van der Waals surface area contributed by atoms with Gasteiger partial charge in [-0.2, -0.15) is 0 Å². The third-order valence-corrected chi connectivity index (χ3v) is 5.60. The van der Waals surface area contributed by atoms with Gasteiger partial charge in [0.2, 0.25) is 0 Å². The predicted octanol–water partition coefficient (Wildman–Crippen LogP) is 7.25. The number of nitrogens with zero attached hydrogens (tertiary/aromatic N) is 1. The molecule has 1 aromatic heterocycles. The van der Waals surface area contributed by atoms with Gasteiger partial charge in [-0.15, -0.1) is 0 Å². The van der Waals surface area contributed by atoms with E-state index in [1.165, 1.54) is 16.7 Å². The lowest BCUT2D eigenvalue weighted by molar-refractivity contribution is 0.295. The number of aryl methyl sites for hydroxylation is 2. The number of ether oxygens (including phenoxy) is 3. The van der Waals surface area contributed by atoms with E-state index < -0.39 is 0 Å². The smallest absolute Gasteiger partial charge is 0.131 e. The summed E-state index contributed by atoms with van der Waals surface area (Å²) in [6.07, 6.45) is 3.77. The van der Waals surface area contributed by atoms with Crippen molar-refractivity contribution in [3.05, 3.63) is 102 Å². The fourth-order valence-electron chi connectivity index (χ4n) is 3.89. The molecule has 4 rings (SSSR count). The van der Waals surface area contributed by atoms with Gasteiger partial charge in [-0.1, -0.05) is 56.3 Å². The van der Waals surface area contributed by atoms with Crippen LogP contribution in [-0.4, -0.2) is 12.1 Å². The maximum Gasteiger partial charge on any atom is 0.131 e. The molecule has 0 saturated carbocycles. The Balaban J connectivity index is 1.53. The van der Waals surface area contributed by atoms with Crippen LogP contribution in [-0.2, 0) is 19.4 Å². The van der Waals surface area contributed by atoms with Crippen LogP contribution in [0.4, 0.5) is 0 Å². The summed E-state index contributed by atoms with van der Waals surface area (Å²) in [5.74, 6) is 3.00. The Kier molecular flexibility index (Phi) is 7.26. The molecule has 0 saturated heterocycles. The minimum Gasteiger partial charge on any atom is -0.496 e. The summed E-state index contributed by atoms with van der Waals surface area (Å²) in [6.45, 7) is 4.70. The van der Waals surface area contributed by atoms with Crippen molar-refractivity contribution in [3.8, 4) is 34.3 Å². The van der Waals surface area contributed by atoms with Gasteiger partial charge >= 0.3 is 0 Å². The van der Waals surface area contributed by atoms with E-state index in [2.05, 4.69) is 32.0 Å². The molecule has 0 amide bonds. The predicted molar refractivity (Wildman–Crippen MR) is 132 cm³/mol. The summed E-state index contributed by atoms with van der Waals surface area (Å²) >= 11 is 0. The Bertz CT molecular complexity index is 1180. The van der Waals surface area contributed by atoms with Crippen LogP contribution in [0.25, 0.3) is 11.3 Å². The molecule has 0 unspecified atom stereocenters. The second-order valence-electron chi connectivity index (χ2n) is 7.72. The van der Waals surface area contributed by atoms with Crippen LogP contribution in [0, 0.1) is 0 Å². The van der Waals surface area contributed by atoms with E-state index >= 15 is 0 Å². The van der Waals surface area contributed by atoms with Gasteiger partial charge < -0.3 is 14.2 Å². The average Bonchev–Trinajstić information content (AvgIpc) is 2.87. The Morgan fingerprint density at radius 3 is 2.06 bits per heavy atom. The molecule has 0 aliphatic rings. The van der Waals surface area contributed by atoms with Crippen molar-refractivity contribution in [1.29, 1.82) is 0 Å². The van der Waals surface area contributed by atoms with E-state index in [0.29, 0.717) is 6.61 Å². The van der Waals surface area contributed by atoms with Crippen LogP contribution in [0.15, 0.2) is 85.1 Å². The fraction of sp³-hybridized carbons (Fsp3) is 0.207. The van der Waals surface area contributed by atoms with E-state index in [4.69, 9.17) is 19.2 Å². The molecule has 0 spiro atoms. The number of para-hydroxylation sites is 1. The van der Waals surface area contributed by atoms with Gasteiger partial charge in [-0.3, -0.25) is 4.98 Å². The first-order valence-electron chi connectivity index (χ1n) is 11.3. The molecule has 3 aromatic carbocycles. The average molecular weight is 440 g/mol. The SMILES string of the molecule is CCc1cccc(CC)c1-c1cc(OC)c(COc2cccc(Oc3ccccc3)c2)cn1. The Hall–Kier alpha value is -3.79. The van der Waals surface area contributed by atoms with Crippen LogP contribution in [0.5, 0.6) is 23.0 Å². The van der Waals surface area contributed by atoms with Gasteiger partial charge in [0.05, 0.1) is 12.8 Å². The van der Waals surface area contributed by atoms with Gasteiger partial charge in [-0.05, 0) is 48.2 Å². The van der Waals surface area contributed by atoms with Crippen molar-refractivity contribution in [2.24, 2.45) is 0 Å². The van der Waals surface area contributed by atoms with E-state index in [1.54, 1.807) is 7.11 Å². The first-order chi connectivity index (χ1) is 16.2. The lowest BCUT2D eigenvalue weighted by Gasteiger charge is -2.16. The minimum atomic E-state index is 0.349. The lowest BCUT2D eigenvalue weighted by Crippen LogP contribution is -2.02. The Morgan fingerprint density at radius 2 is 1.36 bits per heavy atom. The number of aromatic nitrogens is 1. The third-order valence-electron chi connectivity index (χ3n) is 5.60. The summed E-state index contributed by atoms with van der Waals surface area (Å²) in [5.41, 5.74) is 5.62. The highest BCUT2D eigenvalue weighted by Gasteiger charge is 2.14. The highest BCUT2D eigenvalue weighted by molar-refractivity contribution is 5.69. The van der Waals surface area contributed by atoms with Crippen LogP contribution in [0.3, 0.4) is 0 Å². The Morgan fingerprint density at radius 1 is 0.697 bits per heavy atom. The topological polar surface area (TPSA) is 40.6 Å². The highest BCUT2D eigenvalue weighted by Crippen LogP contribution is 2.32. The zero-order chi connectivity index (χ0) is 23.0. The number of hydrogen-bond acceptors (Lipinski definition) is 4. The zero-order valence-electron chi connectivity index (χ0n) is 19.4. The molecule has 0 N–H and O–H groups in total. The summed E-state index contributed by atoms with van der Waals surface area (Å²) in [4.78, 5) is 4.78. The molecule has 4 nitrogen and oxygen atoms in total. The van der Waals surface area contributed by atoms with E-state index in [-0.39, 0.29) is 0 Å². The van der Waals surface area contributed by atoms with Crippen molar-refractivity contribution in [2.45, 2.75) is 33.3 Å². The molecule has 168 valence electrons. The van der Waals surface area contributed by atoms with Crippen LogP contribution >= 0.6 is 0 Å². The molecule has 0 fully saturated rings. The second-order valence-corrected chi connectivity index (χ2v) is 7.72. The van der Waals surface area contributed by atoms with Gasteiger partial charge in [0.15, 0.2) is 0 Å². The van der Waals surface area contributed by atoms with Gasteiger partial charge in [0.1, 0.15) is 29.6 Å². The molecule has 0 aliphatic heterocycles. The number of benzene rings is 3. The molecule has 1 heterocycles. The number of rotatable bonds is 9. The van der Waals surface area contributed by atoms with Gasteiger partial charge in [-0.25, -0.2) is 0 Å². The summed E-state index contributed by atoms with van der Waals surface area (Å²) in [5, 5.41) is 0. The monoisotopic (exact) mass is 439 g/mol. The van der Waals surface area contributed by atoms with Crippen LogP contribution < -0.4 is 14.2 Å². The third kappa shape index (κ3) is 5.35. The van der Waals surface area contributed by atoms with Gasteiger partial charge in [0.25, 0.3) is 0 Å². The largest absolute Gasteiger partial charge is 0.496 e. The molecule has 4 aromatic rings. The molecule has 33 heavy (non-hydrogen) atoms. The fourth-order valence-corrected chi connectivity index (χ4v) is 3.89. The molecular formula is C29H29NO3. The maximum absolute atomic E-state index is 6.05. The van der Waals surface area contributed by atoms with Crippen molar-refractivity contribution in [1.82, 2.24) is 4.98 Å². The second kappa shape index (κ2) is 10.7. The molecule has 0 aliphatic carbocycles. The van der Waals surface area contributed by atoms with Crippen LogP contribution in [0.2, 0.25) is 0 Å². The number of methoxy groups -OCH3 is 1. The molecule has 0 bridgehead atoms. The van der Waals surface area contributed by atoms with Crippen molar-refractivity contribution in [2.75, 3.05) is 7.11 Å². The quantitative estimate of drug-likeness (QED) is 0.275. The molecule has 0 atom stereocenters. The highest BCUT2D eigenvalue weighted by atomic mass is 16.5. The van der Waals surface area contributed by atoms with Crippen molar-refractivity contribution >= 4 is 0 Å². The molecular weight excluding hydrogens is 410 g/mol. The van der Waals surface area contributed by atoms with Crippen molar-refractivity contribution < 1.29 is 14.2 Å². The van der Waals surface area contributed by atoms with E-state index in [1.807, 2.05) is 66.9 Å². The standard InChI is InChI=1S/C29H29NO3/c1-4-21-11-9-12-22(5-2)29(21)27-18-28(31-3)23(19-30-27)20-32-25-15-10-16-26(17-25)33-24-13-7-6-8-14-24/h6-19H,4-5,20H2,1-3H3. The Labute approximate surface area is 195 Å². The minimum absolute atomic E-state index is 0.349. The molecule has 4 heteroatoms. The van der Waals surface area contributed by atoms with Crippen molar-refractivity contribution in [3.63, 3.8) is 0 Å². The normalized spacial score (nSPS) is 10.6. The molecule has 0 radical (unpaired) electrons. The van der Waals surface area contributed by atoms with E-state index in [9.17, 15) is 0 Å². The number of pyridine rings is 1. The first kappa shape index (κ1) is 22.4. The van der Waals surface area contributed by atoms with Gasteiger partial charge in [0, 0.05) is 29.5 Å². The summed E-state index contributed by atoms with van der Waals surface area (Å²) in [6, 6.07) is 25.8.